The standard InChI is InChI=1S/CH4N2O9S2/c2-1(4)3(11-13(5,6)7)12-14(8,9)10/h(H2,2,4)(H,5,6,7)(H,8,9,10). The Morgan fingerprint density at radius 2 is 1.36 bits per heavy atom. The number of primary amides is 1. The number of rotatable bonds is 4. The fourth-order valence-electron chi connectivity index (χ4n) is 0.257. The van der Waals surface area contributed by atoms with Crippen molar-refractivity contribution < 1.29 is 39.3 Å². The van der Waals surface area contributed by atoms with Crippen LogP contribution in [0, 0.1) is 0 Å². The van der Waals surface area contributed by atoms with Gasteiger partial charge in [-0.1, -0.05) is 8.57 Å². The molecule has 0 heterocycles. The number of hydrogen-bond acceptors (Lipinski definition) is 7. The molecule has 0 unspecified atom stereocenters. The molecular weight excluding hydrogens is 248 g/mol. The van der Waals surface area contributed by atoms with Crippen LogP contribution in [0.3, 0.4) is 0 Å². The zero-order valence-corrected chi connectivity index (χ0v) is 7.73. The molecular formula is CH4N2O9S2. The maximum atomic E-state index is 10.2. The summed E-state index contributed by atoms with van der Waals surface area (Å²) in [5.74, 6) is 0. The van der Waals surface area contributed by atoms with Gasteiger partial charge < -0.3 is 5.73 Å². The summed E-state index contributed by atoms with van der Waals surface area (Å²) in [5, 5.41) is -0.954. The minimum atomic E-state index is -5.22. The molecule has 14 heavy (non-hydrogen) atoms. The smallest absolute Gasteiger partial charge is 0.348 e. The summed E-state index contributed by atoms with van der Waals surface area (Å²) in [4.78, 5) is 10.2. The number of nitrogens with zero attached hydrogens (tertiary/aromatic N) is 1. The molecule has 0 aromatic carbocycles. The van der Waals surface area contributed by atoms with Gasteiger partial charge in [-0.15, -0.1) is 0 Å². The van der Waals surface area contributed by atoms with Gasteiger partial charge in [-0.2, -0.15) is 16.8 Å². The van der Waals surface area contributed by atoms with E-state index in [1.54, 1.807) is 0 Å². The monoisotopic (exact) mass is 252 g/mol. The largest absolute Gasteiger partial charge is 0.420 e. The first-order valence-electron chi connectivity index (χ1n) is 2.45. The molecule has 0 bridgehead atoms. The Hall–Kier alpha value is -0.990. The molecule has 0 aliphatic carbocycles. The lowest BCUT2D eigenvalue weighted by Gasteiger charge is -2.12. The van der Waals surface area contributed by atoms with Crippen molar-refractivity contribution in [3.8, 4) is 0 Å². The Morgan fingerprint density at radius 1 is 1.07 bits per heavy atom. The van der Waals surface area contributed by atoms with Gasteiger partial charge in [-0.05, 0) is 5.23 Å². The van der Waals surface area contributed by atoms with E-state index in [1.165, 1.54) is 0 Å². The average molecular weight is 252 g/mol. The van der Waals surface area contributed by atoms with E-state index >= 15 is 0 Å². The first-order chi connectivity index (χ1) is 6.01. The average Bonchev–Trinajstić information content (AvgIpc) is 1.78. The van der Waals surface area contributed by atoms with Crippen LogP contribution in [0.25, 0.3) is 0 Å². The van der Waals surface area contributed by atoms with E-state index in [2.05, 4.69) is 14.3 Å². The van der Waals surface area contributed by atoms with E-state index in [0.717, 1.165) is 0 Å². The molecule has 0 rings (SSSR count). The van der Waals surface area contributed by atoms with Gasteiger partial charge >= 0.3 is 26.8 Å². The van der Waals surface area contributed by atoms with Gasteiger partial charge in [0.1, 0.15) is 0 Å². The van der Waals surface area contributed by atoms with E-state index in [0.29, 0.717) is 0 Å². The van der Waals surface area contributed by atoms with Gasteiger partial charge in [0.2, 0.25) is 0 Å². The summed E-state index contributed by atoms with van der Waals surface area (Å²) < 4.78 is 62.2. The number of carbonyl (C=O) groups is 1. The molecule has 0 radical (unpaired) electrons. The molecule has 0 spiro atoms. The summed E-state index contributed by atoms with van der Waals surface area (Å²) in [5.41, 5.74) is 4.34. The number of urea groups is 1. The number of hydrogen-bond donors (Lipinski definition) is 3. The number of nitrogens with two attached hydrogens (primary N) is 1. The molecule has 84 valence electrons. The lowest BCUT2D eigenvalue weighted by Crippen LogP contribution is -2.39. The molecule has 4 N–H and O–H groups in total. The van der Waals surface area contributed by atoms with Crippen LogP contribution in [0.15, 0.2) is 0 Å². The van der Waals surface area contributed by atoms with Gasteiger partial charge in [0, 0.05) is 0 Å². The Balaban J connectivity index is 4.73. The third kappa shape index (κ3) is 6.52. The zero-order valence-electron chi connectivity index (χ0n) is 6.09. The summed E-state index contributed by atoms with van der Waals surface area (Å²) >= 11 is 0. The van der Waals surface area contributed by atoms with Gasteiger partial charge in [0.25, 0.3) is 0 Å². The van der Waals surface area contributed by atoms with Crippen LogP contribution in [0.4, 0.5) is 4.79 Å². The van der Waals surface area contributed by atoms with E-state index < -0.39 is 32.1 Å². The van der Waals surface area contributed by atoms with Crippen molar-refractivity contribution in [2.75, 3.05) is 0 Å². The van der Waals surface area contributed by atoms with Crippen molar-refractivity contribution in [2.24, 2.45) is 5.73 Å². The lowest BCUT2D eigenvalue weighted by molar-refractivity contribution is -0.207. The number of amides is 2. The zero-order chi connectivity index (χ0) is 11.6. The van der Waals surface area contributed by atoms with Crippen LogP contribution < -0.4 is 5.73 Å². The predicted molar refractivity (Wildman–Crippen MR) is 36.7 cm³/mol. The molecule has 11 nitrogen and oxygen atoms in total. The number of carbonyl (C=O) groups excluding carboxylic acids is 1. The third-order valence-electron chi connectivity index (χ3n) is 0.504. The molecule has 0 aliphatic rings. The maximum Gasteiger partial charge on any atom is 0.420 e. The minimum absolute atomic E-state index is 0.954. The van der Waals surface area contributed by atoms with E-state index in [-0.39, 0.29) is 0 Å². The summed E-state index contributed by atoms with van der Waals surface area (Å²) in [6.45, 7) is 0. The first kappa shape index (κ1) is 13.0. The van der Waals surface area contributed by atoms with E-state index in [1.807, 2.05) is 0 Å². The second kappa shape index (κ2) is 4.03. The Kier molecular flexibility index (Phi) is 3.74. The van der Waals surface area contributed by atoms with Crippen molar-refractivity contribution in [1.29, 1.82) is 0 Å². The van der Waals surface area contributed by atoms with Gasteiger partial charge in [0.05, 0.1) is 0 Å². The summed E-state index contributed by atoms with van der Waals surface area (Å²) in [6, 6.07) is -1.85. The maximum absolute atomic E-state index is 10.2. The lowest BCUT2D eigenvalue weighted by atomic mass is 11.1. The van der Waals surface area contributed by atoms with Crippen molar-refractivity contribution in [1.82, 2.24) is 5.23 Å². The second-order valence-corrected chi connectivity index (χ2v) is 3.61. The van der Waals surface area contributed by atoms with Crippen LogP contribution in [0.1, 0.15) is 0 Å². The highest BCUT2D eigenvalue weighted by Crippen LogP contribution is 2.00. The van der Waals surface area contributed by atoms with Crippen LogP contribution in [-0.4, -0.2) is 37.2 Å². The molecule has 0 atom stereocenters. The van der Waals surface area contributed by atoms with Crippen molar-refractivity contribution in [3.63, 3.8) is 0 Å². The Morgan fingerprint density at radius 3 is 1.50 bits per heavy atom. The molecule has 13 heteroatoms. The molecule has 0 aromatic heterocycles. The van der Waals surface area contributed by atoms with Crippen LogP contribution in [0.5, 0.6) is 0 Å². The van der Waals surface area contributed by atoms with Crippen LogP contribution in [0.2, 0.25) is 0 Å². The molecule has 0 saturated carbocycles. The summed E-state index contributed by atoms with van der Waals surface area (Å²) in [7, 11) is -10.4. The molecule has 0 aromatic rings. The normalized spacial score (nSPS) is 12.4. The highest BCUT2D eigenvalue weighted by molar-refractivity contribution is 7.81. The molecule has 0 saturated heterocycles. The van der Waals surface area contributed by atoms with Crippen molar-refractivity contribution in [3.05, 3.63) is 0 Å². The summed E-state index contributed by atoms with van der Waals surface area (Å²) in [6.07, 6.45) is 0. The van der Waals surface area contributed by atoms with Gasteiger partial charge in [0.15, 0.2) is 0 Å². The topological polar surface area (TPSA) is 174 Å². The second-order valence-electron chi connectivity index (χ2n) is 1.60. The fourth-order valence-corrected chi connectivity index (χ4v) is 0.845. The van der Waals surface area contributed by atoms with Crippen molar-refractivity contribution >= 4 is 26.8 Å². The Bertz CT molecular complexity index is 370. The SMILES string of the molecule is NC(=O)N(OS(=O)(=O)O)OS(=O)(=O)O. The number of hydroxylamine groups is 2. The molecule has 0 fully saturated rings. The van der Waals surface area contributed by atoms with E-state index in [4.69, 9.17) is 9.11 Å². The Labute approximate surface area is 77.8 Å². The molecule has 0 aliphatic heterocycles. The van der Waals surface area contributed by atoms with Crippen LogP contribution in [-0.2, 0) is 29.4 Å². The highest BCUT2D eigenvalue weighted by Gasteiger charge is 2.25. The minimum Gasteiger partial charge on any atom is -0.348 e. The fraction of sp³-hybridized carbons (Fsp3) is 0. The van der Waals surface area contributed by atoms with E-state index in [9.17, 15) is 21.6 Å². The van der Waals surface area contributed by atoms with Gasteiger partial charge in [-0.25, -0.2) is 4.79 Å². The molecule has 2 amide bonds. The predicted octanol–water partition coefficient (Wildman–Crippen LogP) is -2.16. The van der Waals surface area contributed by atoms with Gasteiger partial charge in [-0.3, -0.25) is 9.11 Å². The van der Waals surface area contributed by atoms with Crippen molar-refractivity contribution in [2.45, 2.75) is 0 Å². The highest BCUT2D eigenvalue weighted by atomic mass is 32.3. The first-order valence-corrected chi connectivity index (χ1v) is 5.18. The van der Waals surface area contributed by atoms with Crippen LogP contribution >= 0.6 is 0 Å². The quantitative estimate of drug-likeness (QED) is 0.371. The third-order valence-corrected chi connectivity index (χ3v) is 1.15.